The van der Waals surface area contributed by atoms with Gasteiger partial charge < -0.3 is 4.57 Å². The number of nitrogens with one attached hydrogen (secondary N) is 1. The molecular weight excluding hydrogens is 288 g/mol. The predicted molar refractivity (Wildman–Crippen MR) is 86.4 cm³/mol. The molecule has 1 aliphatic rings. The third kappa shape index (κ3) is 2.59. The van der Waals surface area contributed by atoms with Gasteiger partial charge in [-0.15, -0.1) is 5.10 Å². The first-order valence-electron chi connectivity index (χ1n) is 8.12. The van der Waals surface area contributed by atoms with Gasteiger partial charge in [0.15, 0.2) is 5.82 Å². The molecule has 3 aromatic rings. The monoisotopic (exact) mass is 306 g/mol. The second kappa shape index (κ2) is 5.84. The molecule has 6 nitrogen and oxygen atoms in total. The van der Waals surface area contributed by atoms with Crippen LogP contribution in [0.4, 0.5) is 0 Å². The normalized spacial score (nSPS) is 15.8. The summed E-state index contributed by atoms with van der Waals surface area (Å²) in [5, 5.41) is 24.4. The smallest absolute Gasteiger partial charge is 0.179 e. The summed E-state index contributed by atoms with van der Waals surface area (Å²) in [7, 11) is 0. The van der Waals surface area contributed by atoms with Crippen molar-refractivity contribution in [2.45, 2.75) is 38.6 Å². The molecule has 2 heterocycles. The molecule has 0 amide bonds. The van der Waals surface area contributed by atoms with Gasteiger partial charge in [0.2, 0.25) is 0 Å². The summed E-state index contributed by atoms with van der Waals surface area (Å²) in [5.41, 5.74) is 2.72. The van der Waals surface area contributed by atoms with E-state index < -0.39 is 0 Å². The van der Waals surface area contributed by atoms with Crippen molar-refractivity contribution in [2.24, 2.45) is 5.92 Å². The fraction of sp³-hybridized carbons (Fsp3) is 0.412. The number of tetrazole rings is 1. The second-order valence-corrected chi connectivity index (χ2v) is 6.29. The van der Waals surface area contributed by atoms with Crippen molar-refractivity contribution in [1.82, 2.24) is 25.2 Å². The van der Waals surface area contributed by atoms with E-state index in [0.717, 1.165) is 28.9 Å². The molecule has 116 valence electrons. The fourth-order valence-electron chi connectivity index (χ4n) is 3.61. The molecule has 0 bridgehead atoms. The van der Waals surface area contributed by atoms with Gasteiger partial charge in [-0.05, 0) is 47.4 Å². The maximum atomic E-state index is 9.46. The highest BCUT2D eigenvalue weighted by atomic mass is 15.5. The van der Waals surface area contributed by atoms with Crippen molar-refractivity contribution in [3.05, 3.63) is 30.0 Å². The van der Waals surface area contributed by atoms with Gasteiger partial charge in [0.25, 0.3) is 0 Å². The van der Waals surface area contributed by atoms with Crippen LogP contribution in [0.5, 0.6) is 0 Å². The van der Waals surface area contributed by atoms with Gasteiger partial charge in [-0.1, -0.05) is 19.3 Å². The number of benzene rings is 1. The van der Waals surface area contributed by atoms with Crippen LogP contribution in [0.15, 0.2) is 24.4 Å². The number of H-pyrrole nitrogens is 1. The lowest BCUT2D eigenvalue weighted by Crippen LogP contribution is -2.13. The molecule has 0 saturated heterocycles. The van der Waals surface area contributed by atoms with Crippen LogP contribution in [0.3, 0.4) is 0 Å². The van der Waals surface area contributed by atoms with Crippen LogP contribution < -0.4 is 0 Å². The van der Waals surface area contributed by atoms with E-state index in [0.29, 0.717) is 11.4 Å². The number of rotatable bonds is 3. The van der Waals surface area contributed by atoms with E-state index in [4.69, 9.17) is 0 Å². The molecule has 4 rings (SSSR count). The average molecular weight is 306 g/mol. The first-order valence-corrected chi connectivity index (χ1v) is 8.12. The van der Waals surface area contributed by atoms with Crippen molar-refractivity contribution >= 4 is 10.9 Å². The molecule has 1 fully saturated rings. The highest BCUT2D eigenvalue weighted by Gasteiger charge is 2.17. The van der Waals surface area contributed by atoms with Crippen LogP contribution in [-0.4, -0.2) is 25.2 Å². The summed E-state index contributed by atoms with van der Waals surface area (Å²) in [6.45, 7) is 1.00. The molecule has 1 saturated carbocycles. The van der Waals surface area contributed by atoms with Crippen molar-refractivity contribution < 1.29 is 0 Å². The van der Waals surface area contributed by atoms with Gasteiger partial charge in [0, 0.05) is 29.2 Å². The zero-order valence-electron chi connectivity index (χ0n) is 12.9. The summed E-state index contributed by atoms with van der Waals surface area (Å²) in [6, 6.07) is 8.38. The number of fused-ring (bicyclic) bond motifs is 1. The highest BCUT2D eigenvalue weighted by Crippen LogP contribution is 2.30. The third-order valence-electron chi connectivity index (χ3n) is 4.80. The molecule has 2 aromatic heterocycles. The van der Waals surface area contributed by atoms with Crippen LogP contribution in [0.1, 0.15) is 37.7 Å². The number of nitrogens with zero attached hydrogens (tertiary/aromatic N) is 5. The molecule has 23 heavy (non-hydrogen) atoms. The molecule has 6 heteroatoms. The van der Waals surface area contributed by atoms with Crippen LogP contribution in [0, 0.1) is 17.2 Å². The van der Waals surface area contributed by atoms with Crippen molar-refractivity contribution in [3.63, 3.8) is 0 Å². The lowest BCUT2D eigenvalue weighted by molar-refractivity contribution is 0.322. The predicted octanol–water partition coefficient (Wildman–Crippen LogP) is 3.27. The van der Waals surface area contributed by atoms with Crippen molar-refractivity contribution in [1.29, 1.82) is 5.26 Å². The Labute approximate surface area is 134 Å². The maximum Gasteiger partial charge on any atom is 0.179 e. The van der Waals surface area contributed by atoms with Gasteiger partial charge in [-0.3, -0.25) is 0 Å². The zero-order valence-corrected chi connectivity index (χ0v) is 12.9. The Morgan fingerprint density at radius 3 is 2.87 bits per heavy atom. The largest absolute Gasteiger partial charge is 0.346 e. The third-order valence-corrected chi connectivity index (χ3v) is 4.80. The summed E-state index contributed by atoms with van der Waals surface area (Å²) in [6.07, 6.45) is 8.60. The van der Waals surface area contributed by atoms with E-state index in [1.165, 1.54) is 32.1 Å². The summed E-state index contributed by atoms with van der Waals surface area (Å²) < 4.78 is 2.24. The molecule has 0 atom stereocenters. The summed E-state index contributed by atoms with van der Waals surface area (Å²) in [4.78, 5) is 0. The topological polar surface area (TPSA) is 83.2 Å². The van der Waals surface area contributed by atoms with Gasteiger partial charge in [-0.25, -0.2) is 5.10 Å². The minimum Gasteiger partial charge on any atom is -0.346 e. The van der Waals surface area contributed by atoms with Crippen molar-refractivity contribution in [3.8, 4) is 17.5 Å². The number of hydrogen-bond donors (Lipinski definition) is 1. The number of aromatic amines is 1. The average Bonchev–Trinajstić information content (AvgIpc) is 3.24. The van der Waals surface area contributed by atoms with E-state index in [1.54, 1.807) is 0 Å². The number of aromatic nitrogens is 5. The van der Waals surface area contributed by atoms with Crippen molar-refractivity contribution in [2.75, 3.05) is 0 Å². The molecule has 0 radical (unpaired) electrons. The minimum absolute atomic E-state index is 0.621. The lowest BCUT2D eigenvalue weighted by Gasteiger charge is -2.22. The van der Waals surface area contributed by atoms with Crippen LogP contribution >= 0.6 is 0 Å². The molecule has 1 N–H and O–H groups in total. The SMILES string of the molecule is N#Cc1cn(CC2CCCCC2)c2ccc(-c3nnn[nH]3)cc12. The molecule has 0 aliphatic heterocycles. The first-order chi connectivity index (χ1) is 11.3. The van der Waals surface area contributed by atoms with Gasteiger partial charge in [-0.2, -0.15) is 5.26 Å². The van der Waals surface area contributed by atoms with Crippen LogP contribution in [0.25, 0.3) is 22.3 Å². The second-order valence-electron chi connectivity index (χ2n) is 6.29. The zero-order chi connectivity index (χ0) is 15.6. The quantitative estimate of drug-likeness (QED) is 0.805. The van der Waals surface area contributed by atoms with E-state index in [-0.39, 0.29) is 0 Å². The van der Waals surface area contributed by atoms with E-state index in [9.17, 15) is 5.26 Å². The molecule has 1 aromatic carbocycles. The van der Waals surface area contributed by atoms with Crippen LogP contribution in [-0.2, 0) is 6.54 Å². The van der Waals surface area contributed by atoms with E-state index in [1.807, 2.05) is 18.3 Å². The van der Waals surface area contributed by atoms with E-state index >= 15 is 0 Å². The van der Waals surface area contributed by atoms with Crippen LogP contribution in [0.2, 0.25) is 0 Å². The minimum atomic E-state index is 0.621. The summed E-state index contributed by atoms with van der Waals surface area (Å²) >= 11 is 0. The Hall–Kier alpha value is -2.68. The maximum absolute atomic E-state index is 9.46. The van der Waals surface area contributed by atoms with Gasteiger partial charge >= 0.3 is 0 Å². The number of hydrogen-bond acceptors (Lipinski definition) is 4. The fourth-order valence-corrected chi connectivity index (χ4v) is 3.61. The Bertz CT molecular complexity index is 849. The Morgan fingerprint density at radius 2 is 2.13 bits per heavy atom. The molecule has 0 unspecified atom stereocenters. The standard InChI is InChI=1S/C17H18N6/c18-9-14-11-23(10-12-4-2-1-3-5-12)16-7-6-13(8-15(14)16)17-19-21-22-20-17/h6-8,11-12H,1-5,10H2,(H,19,20,21,22). The van der Waals surface area contributed by atoms with Gasteiger partial charge in [0.05, 0.1) is 5.56 Å². The Balaban J connectivity index is 1.73. The Morgan fingerprint density at radius 1 is 1.26 bits per heavy atom. The first kappa shape index (κ1) is 13.9. The summed E-state index contributed by atoms with van der Waals surface area (Å²) in [5.74, 6) is 1.35. The van der Waals surface area contributed by atoms with Gasteiger partial charge in [0.1, 0.15) is 6.07 Å². The molecule has 0 spiro atoms. The molecular formula is C17H18N6. The highest BCUT2D eigenvalue weighted by molar-refractivity contribution is 5.89. The Kier molecular flexibility index (Phi) is 3.54. The molecule has 1 aliphatic carbocycles. The van der Waals surface area contributed by atoms with E-state index in [2.05, 4.69) is 37.3 Å². The lowest BCUT2D eigenvalue weighted by atomic mass is 9.89. The number of nitriles is 1.